The maximum Gasteiger partial charge on any atom is 0.573 e. The van der Waals surface area contributed by atoms with Crippen molar-refractivity contribution in [2.75, 3.05) is 6.54 Å². The van der Waals surface area contributed by atoms with Crippen LogP contribution < -0.4 is 4.74 Å². The molecule has 17 heavy (non-hydrogen) atoms. The molecule has 2 rings (SSSR count). The molecular weight excluding hydrogens is 231 g/mol. The fourth-order valence-electron chi connectivity index (χ4n) is 1.84. The molecule has 0 aromatic heterocycles. The number of alkyl halides is 3. The highest BCUT2D eigenvalue weighted by Gasteiger charge is 2.35. The van der Waals surface area contributed by atoms with Crippen LogP contribution in [0.4, 0.5) is 13.2 Å². The fraction of sp³-hybridized carbons (Fsp3) is 0.333. The van der Waals surface area contributed by atoms with Crippen LogP contribution in [0.15, 0.2) is 24.3 Å². The highest BCUT2D eigenvalue weighted by atomic mass is 19.4. The maximum absolute atomic E-state index is 12.2. The summed E-state index contributed by atoms with van der Waals surface area (Å²) >= 11 is 0. The first-order valence-corrected chi connectivity index (χ1v) is 5.09. The molecule has 1 atom stereocenters. The van der Waals surface area contributed by atoms with E-state index in [4.69, 9.17) is 6.42 Å². The average molecular weight is 241 g/mol. The predicted molar refractivity (Wildman–Crippen MR) is 56.0 cm³/mol. The fourth-order valence-corrected chi connectivity index (χ4v) is 1.84. The number of ether oxygens (including phenoxy) is 1. The molecule has 0 bridgehead atoms. The zero-order valence-corrected chi connectivity index (χ0v) is 8.87. The largest absolute Gasteiger partial charge is 0.573 e. The highest BCUT2D eigenvalue weighted by Crippen LogP contribution is 2.39. The third kappa shape index (κ3) is 2.47. The number of hydrogen-bond acceptors (Lipinski definition) is 2. The average Bonchev–Trinajstić information content (AvgIpc) is 2.18. The molecule has 1 aliphatic rings. The van der Waals surface area contributed by atoms with Crippen LogP contribution in [-0.2, 0) is 0 Å². The molecule has 0 saturated carbocycles. The Hall–Kier alpha value is -1.83. The quantitative estimate of drug-likeness (QED) is 0.738. The maximum atomic E-state index is 12.2. The lowest BCUT2D eigenvalue weighted by atomic mass is 9.95. The summed E-state index contributed by atoms with van der Waals surface area (Å²) < 4.78 is 40.6. The summed E-state index contributed by atoms with van der Waals surface area (Å²) in [7, 11) is 0. The van der Waals surface area contributed by atoms with E-state index < -0.39 is 6.36 Å². The van der Waals surface area contributed by atoms with E-state index in [-0.39, 0.29) is 11.8 Å². The first kappa shape index (κ1) is 11.6. The molecule has 90 valence electrons. The summed E-state index contributed by atoms with van der Waals surface area (Å²) in [4.78, 5) is 1.65. The molecule has 0 spiro atoms. The van der Waals surface area contributed by atoms with Gasteiger partial charge < -0.3 is 9.64 Å². The Balaban J connectivity index is 2.26. The predicted octanol–water partition coefficient (Wildman–Crippen LogP) is 2.92. The molecular formula is C12H10F3NO. The minimum atomic E-state index is -4.68. The second kappa shape index (κ2) is 4.21. The second-order valence-corrected chi connectivity index (χ2v) is 3.71. The molecule has 5 heteroatoms. The Kier molecular flexibility index (Phi) is 2.88. The molecule has 1 saturated heterocycles. The number of likely N-dealkylation sites (tertiary alicyclic amines) is 1. The number of para-hydroxylation sites is 1. The Morgan fingerprint density at radius 3 is 2.59 bits per heavy atom. The molecule has 0 aliphatic carbocycles. The van der Waals surface area contributed by atoms with E-state index in [1.807, 2.05) is 0 Å². The van der Waals surface area contributed by atoms with E-state index >= 15 is 0 Å². The topological polar surface area (TPSA) is 12.5 Å². The van der Waals surface area contributed by atoms with E-state index in [9.17, 15) is 13.2 Å². The second-order valence-electron chi connectivity index (χ2n) is 3.71. The van der Waals surface area contributed by atoms with Crippen LogP contribution >= 0.6 is 0 Å². The van der Waals surface area contributed by atoms with Crippen LogP contribution in [0.25, 0.3) is 0 Å². The van der Waals surface area contributed by atoms with Gasteiger partial charge in [-0.05, 0) is 12.5 Å². The van der Waals surface area contributed by atoms with Crippen LogP contribution in [0.5, 0.6) is 5.75 Å². The van der Waals surface area contributed by atoms with Gasteiger partial charge in [-0.2, -0.15) is 0 Å². The van der Waals surface area contributed by atoms with Crippen molar-refractivity contribution in [3.05, 3.63) is 29.8 Å². The van der Waals surface area contributed by atoms with Crippen LogP contribution in [0.2, 0.25) is 0 Å². The molecule has 2 nitrogen and oxygen atoms in total. The Labute approximate surface area is 97.0 Å². The molecule has 0 amide bonds. The first-order chi connectivity index (χ1) is 8.01. The zero-order valence-electron chi connectivity index (χ0n) is 8.87. The normalized spacial score (nSPS) is 19.4. The molecule has 1 aromatic rings. The van der Waals surface area contributed by atoms with Crippen LogP contribution in [0, 0.1) is 12.5 Å². The number of rotatable bonds is 2. The molecule has 1 aliphatic heterocycles. The van der Waals surface area contributed by atoms with Crippen molar-refractivity contribution in [3.63, 3.8) is 0 Å². The molecule has 0 radical (unpaired) electrons. The van der Waals surface area contributed by atoms with Crippen molar-refractivity contribution in [1.82, 2.24) is 4.90 Å². The summed E-state index contributed by atoms with van der Waals surface area (Å²) in [6.45, 7) is 0.696. The SMILES string of the molecule is C#CN1CCC1c1ccccc1OC(F)(F)F. The number of hydrogen-bond donors (Lipinski definition) is 0. The lowest BCUT2D eigenvalue weighted by Crippen LogP contribution is -2.37. The van der Waals surface area contributed by atoms with Gasteiger partial charge in [0.25, 0.3) is 0 Å². The molecule has 0 N–H and O–H groups in total. The van der Waals surface area contributed by atoms with E-state index in [2.05, 4.69) is 10.8 Å². The van der Waals surface area contributed by atoms with E-state index in [1.54, 1.807) is 17.0 Å². The lowest BCUT2D eigenvalue weighted by molar-refractivity contribution is -0.275. The van der Waals surface area contributed by atoms with Crippen molar-refractivity contribution < 1.29 is 17.9 Å². The van der Waals surface area contributed by atoms with Crippen molar-refractivity contribution in [1.29, 1.82) is 0 Å². The minimum Gasteiger partial charge on any atom is -0.405 e. The summed E-state index contributed by atoms with van der Waals surface area (Å²) in [5.74, 6) is -0.176. The highest BCUT2D eigenvalue weighted by molar-refractivity contribution is 5.37. The van der Waals surface area contributed by atoms with Gasteiger partial charge in [-0.15, -0.1) is 13.2 Å². The molecule has 1 fully saturated rings. The van der Waals surface area contributed by atoms with Crippen molar-refractivity contribution >= 4 is 0 Å². The first-order valence-electron chi connectivity index (χ1n) is 5.09. The van der Waals surface area contributed by atoms with Crippen LogP contribution in [0.3, 0.4) is 0 Å². The number of terminal acetylenes is 1. The van der Waals surface area contributed by atoms with Crippen molar-refractivity contribution in [2.45, 2.75) is 18.8 Å². The summed E-state index contributed by atoms with van der Waals surface area (Å²) in [6, 6.07) is 8.34. The minimum absolute atomic E-state index is 0.176. The summed E-state index contributed by atoms with van der Waals surface area (Å²) in [5, 5.41) is 0. The van der Waals surface area contributed by atoms with Crippen molar-refractivity contribution in [3.8, 4) is 18.2 Å². The van der Waals surface area contributed by atoms with E-state index in [0.29, 0.717) is 12.1 Å². The van der Waals surface area contributed by atoms with Gasteiger partial charge in [0.05, 0.1) is 6.04 Å². The standard InChI is InChI=1S/C12H10F3NO/c1-2-16-8-7-10(16)9-5-3-4-6-11(9)17-12(13,14)15/h1,3-6,10H,7-8H2. The Morgan fingerprint density at radius 2 is 2.06 bits per heavy atom. The summed E-state index contributed by atoms with van der Waals surface area (Å²) in [6.07, 6.45) is 1.31. The van der Waals surface area contributed by atoms with Gasteiger partial charge >= 0.3 is 6.36 Å². The number of nitrogens with zero attached hydrogens (tertiary/aromatic N) is 1. The molecule has 1 unspecified atom stereocenters. The third-order valence-corrected chi connectivity index (χ3v) is 2.69. The van der Waals surface area contributed by atoms with Gasteiger partial charge in [-0.1, -0.05) is 24.6 Å². The van der Waals surface area contributed by atoms with Crippen LogP contribution in [0.1, 0.15) is 18.0 Å². The lowest BCUT2D eigenvalue weighted by Gasteiger charge is -2.38. The van der Waals surface area contributed by atoms with E-state index in [1.165, 1.54) is 12.1 Å². The monoisotopic (exact) mass is 241 g/mol. The van der Waals surface area contributed by atoms with Gasteiger partial charge in [-0.25, -0.2) is 0 Å². The smallest absolute Gasteiger partial charge is 0.405 e. The third-order valence-electron chi connectivity index (χ3n) is 2.69. The van der Waals surface area contributed by atoms with Gasteiger partial charge in [0.2, 0.25) is 0 Å². The zero-order chi connectivity index (χ0) is 12.5. The Morgan fingerprint density at radius 1 is 1.35 bits per heavy atom. The summed E-state index contributed by atoms with van der Waals surface area (Å²) in [5.41, 5.74) is 0.481. The van der Waals surface area contributed by atoms with Gasteiger partial charge in [0, 0.05) is 18.2 Å². The van der Waals surface area contributed by atoms with E-state index in [0.717, 1.165) is 6.42 Å². The number of benzene rings is 1. The van der Waals surface area contributed by atoms with Gasteiger partial charge in [0.15, 0.2) is 0 Å². The number of halogens is 3. The van der Waals surface area contributed by atoms with Gasteiger partial charge in [-0.3, -0.25) is 0 Å². The molecule has 1 heterocycles. The van der Waals surface area contributed by atoms with Gasteiger partial charge in [0.1, 0.15) is 5.75 Å². The Bertz CT molecular complexity index is 450. The van der Waals surface area contributed by atoms with Crippen LogP contribution in [-0.4, -0.2) is 17.8 Å². The molecule has 1 aromatic carbocycles. The van der Waals surface area contributed by atoms with Crippen molar-refractivity contribution in [2.24, 2.45) is 0 Å².